The molecule has 0 bridgehead atoms. The molecule has 1 aromatic carbocycles. The lowest BCUT2D eigenvalue weighted by molar-refractivity contribution is -0.132. The van der Waals surface area contributed by atoms with Crippen molar-refractivity contribution in [3.05, 3.63) is 24.3 Å². The summed E-state index contributed by atoms with van der Waals surface area (Å²) < 4.78 is 61.3. The van der Waals surface area contributed by atoms with Crippen molar-refractivity contribution in [2.24, 2.45) is 0 Å². The summed E-state index contributed by atoms with van der Waals surface area (Å²) in [5.41, 5.74) is -5.50. The Morgan fingerprint density at radius 3 is 2.50 bits per heavy atom. The van der Waals surface area contributed by atoms with Gasteiger partial charge in [-0.3, -0.25) is 4.79 Å². The Labute approximate surface area is 126 Å². The fourth-order valence-electron chi connectivity index (χ4n) is 2.23. The molecule has 1 amide bonds. The van der Waals surface area contributed by atoms with Crippen LogP contribution in [0, 0.1) is 0 Å². The van der Waals surface area contributed by atoms with Gasteiger partial charge in [0.2, 0.25) is 5.91 Å². The number of halogens is 3. The predicted molar refractivity (Wildman–Crippen MR) is 74.0 cm³/mol. The molecule has 1 heterocycles. The van der Waals surface area contributed by atoms with Crippen molar-refractivity contribution in [1.82, 2.24) is 4.90 Å². The number of anilines is 1. The zero-order chi connectivity index (χ0) is 16.5. The van der Waals surface area contributed by atoms with Crippen molar-refractivity contribution in [3.8, 4) is 0 Å². The van der Waals surface area contributed by atoms with Gasteiger partial charge in [-0.1, -0.05) is 12.1 Å². The molecule has 9 heteroatoms. The zero-order valence-electron chi connectivity index (χ0n) is 11.7. The maximum atomic E-state index is 12.7. The van der Waals surface area contributed by atoms with Crippen molar-refractivity contribution in [3.63, 3.8) is 0 Å². The minimum absolute atomic E-state index is 0.108. The molecule has 0 spiro atoms. The second-order valence-corrected chi connectivity index (χ2v) is 7.00. The topological polar surface area (TPSA) is 66.5 Å². The molecule has 0 aromatic heterocycles. The lowest BCUT2D eigenvalue weighted by Gasteiger charge is -2.30. The monoisotopic (exact) mass is 336 g/mol. The summed E-state index contributed by atoms with van der Waals surface area (Å²) in [7, 11) is -3.80. The van der Waals surface area contributed by atoms with Gasteiger partial charge >= 0.3 is 5.51 Å². The molecule has 1 N–H and O–H groups in total. The number of para-hydroxylation sites is 1. The van der Waals surface area contributed by atoms with Crippen LogP contribution in [0.5, 0.6) is 0 Å². The van der Waals surface area contributed by atoms with Crippen LogP contribution >= 0.6 is 0 Å². The van der Waals surface area contributed by atoms with E-state index in [0.29, 0.717) is 13.0 Å². The van der Waals surface area contributed by atoms with Crippen LogP contribution in [0.2, 0.25) is 0 Å². The van der Waals surface area contributed by atoms with E-state index in [1.807, 2.05) is 0 Å². The molecule has 2 rings (SSSR count). The van der Waals surface area contributed by atoms with Crippen LogP contribution in [0.25, 0.3) is 0 Å². The quantitative estimate of drug-likeness (QED) is 0.917. The van der Waals surface area contributed by atoms with Crippen LogP contribution < -0.4 is 5.32 Å². The number of nitrogens with one attached hydrogen (secondary N) is 1. The number of amides is 1. The number of carbonyl (C=O) groups is 1. The van der Waals surface area contributed by atoms with Gasteiger partial charge in [-0.25, -0.2) is 8.42 Å². The van der Waals surface area contributed by atoms with Crippen LogP contribution in [-0.2, 0) is 14.6 Å². The number of alkyl halides is 3. The lowest BCUT2D eigenvalue weighted by Crippen LogP contribution is -2.41. The number of likely N-dealkylation sites (tertiary alicyclic amines) is 1. The van der Waals surface area contributed by atoms with E-state index in [1.165, 1.54) is 23.1 Å². The number of hydrogen-bond acceptors (Lipinski definition) is 4. The Kier molecular flexibility index (Phi) is 4.37. The molecule has 1 atom stereocenters. The number of benzene rings is 1. The summed E-state index contributed by atoms with van der Waals surface area (Å²) >= 11 is 0. The first-order valence-corrected chi connectivity index (χ1v) is 8.02. The van der Waals surface area contributed by atoms with E-state index >= 15 is 0 Å². The third-order valence-corrected chi connectivity index (χ3v) is 5.05. The van der Waals surface area contributed by atoms with E-state index < -0.39 is 26.3 Å². The van der Waals surface area contributed by atoms with Gasteiger partial charge in [0.1, 0.15) is 0 Å². The van der Waals surface area contributed by atoms with Crippen LogP contribution in [-0.4, -0.2) is 44.4 Å². The van der Waals surface area contributed by atoms with Gasteiger partial charge in [-0.2, -0.15) is 13.2 Å². The first-order chi connectivity index (χ1) is 10.1. The highest BCUT2D eigenvalue weighted by molar-refractivity contribution is 7.92. The molecule has 0 radical (unpaired) electrons. The molecule has 122 valence electrons. The van der Waals surface area contributed by atoms with Gasteiger partial charge in [0.15, 0.2) is 0 Å². The van der Waals surface area contributed by atoms with Crippen LogP contribution in [0.15, 0.2) is 29.2 Å². The highest BCUT2D eigenvalue weighted by Gasteiger charge is 2.48. The smallest absolute Gasteiger partial charge is 0.381 e. The summed E-state index contributed by atoms with van der Waals surface area (Å²) in [6, 6.07) is 4.44. The lowest BCUT2D eigenvalue weighted by atomic mass is 10.0. The number of sulfone groups is 1. The molecule has 5 nitrogen and oxygen atoms in total. The normalized spacial score (nSPS) is 20.1. The van der Waals surface area contributed by atoms with Gasteiger partial charge in [0.25, 0.3) is 9.84 Å². The third kappa shape index (κ3) is 3.18. The summed E-state index contributed by atoms with van der Waals surface area (Å²) in [6.45, 7) is 0.463. The number of rotatable bonds is 3. The van der Waals surface area contributed by atoms with Crippen molar-refractivity contribution in [2.75, 3.05) is 18.9 Å². The fourth-order valence-corrected chi connectivity index (χ4v) is 3.15. The Bertz CT molecular complexity index is 673. The average Bonchev–Trinajstić information content (AvgIpc) is 2.42. The molecule has 0 unspecified atom stereocenters. The third-order valence-electron chi connectivity index (χ3n) is 3.50. The highest BCUT2D eigenvalue weighted by Crippen LogP contribution is 2.34. The Morgan fingerprint density at radius 1 is 1.27 bits per heavy atom. The molecule has 1 aliphatic rings. The molecule has 1 aliphatic heterocycles. The predicted octanol–water partition coefficient (Wildman–Crippen LogP) is 2.01. The SMILES string of the molecule is CN1CC[C@@H](Nc2ccccc2S(=O)(=O)C(F)(F)F)CC1=O. The maximum absolute atomic E-state index is 12.7. The molecular weight excluding hydrogens is 321 g/mol. The first-order valence-electron chi connectivity index (χ1n) is 6.54. The minimum atomic E-state index is -5.44. The van der Waals surface area contributed by atoms with E-state index in [-0.39, 0.29) is 18.0 Å². The molecule has 0 aliphatic carbocycles. The van der Waals surface area contributed by atoms with Crippen LogP contribution in [0.4, 0.5) is 18.9 Å². The molecule has 22 heavy (non-hydrogen) atoms. The van der Waals surface area contributed by atoms with Gasteiger partial charge < -0.3 is 10.2 Å². The van der Waals surface area contributed by atoms with Crippen molar-refractivity contribution < 1.29 is 26.4 Å². The fraction of sp³-hybridized carbons (Fsp3) is 0.462. The van der Waals surface area contributed by atoms with Crippen molar-refractivity contribution >= 4 is 21.4 Å². The van der Waals surface area contributed by atoms with Gasteiger partial charge in [-0.15, -0.1) is 0 Å². The van der Waals surface area contributed by atoms with E-state index in [1.54, 1.807) is 7.05 Å². The van der Waals surface area contributed by atoms with E-state index in [9.17, 15) is 26.4 Å². The second kappa shape index (κ2) is 5.79. The standard InChI is InChI=1S/C13H15F3N2O3S/c1-18-7-6-9(8-12(18)19)17-10-4-2-3-5-11(10)22(20,21)13(14,15)16/h2-5,9,17H,6-8H2,1H3/t9-/m1/s1. The van der Waals surface area contributed by atoms with E-state index in [2.05, 4.69) is 5.32 Å². The molecule has 0 saturated carbocycles. The molecule has 1 fully saturated rings. The van der Waals surface area contributed by atoms with Gasteiger partial charge in [-0.05, 0) is 18.6 Å². The minimum Gasteiger partial charge on any atom is -0.381 e. The first kappa shape index (κ1) is 16.6. The second-order valence-electron chi connectivity index (χ2n) is 5.09. The maximum Gasteiger partial charge on any atom is 0.501 e. The summed E-state index contributed by atoms with van der Waals surface area (Å²) in [4.78, 5) is 12.3. The summed E-state index contributed by atoms with van der Waals surface area (Å²) in [6.07, 6.45) is 0.638. The number of piperidine rings is 1. The number of carbonyl (C=O) groups excluding carboxylic acids is 1. The zero-order valence-corrected chi connectivity index (χ0v) is 12.5. The summed E-state index contributed by atoms with van der Waals surface area (Å²) in [5.74, 6) is -0.139. The van der Waals surface area contributed by atoms with Crippen molar-refractivity contribution in [1.29, 1.82) is 0 Å². The Hall–Kier alpha value is -1.77. The molecule has 1 saturated heterocycles. The van der Waals surface area contributed by atoms with Gasteiger partial charge in [0.05, 0.1) is 10.6 Å². The number of hydrogen-bond donors (Lipinski definition) is 1. The van der Waals surface area contributed by atoms with Crippen LogP contribution in [0.1, 0.15) is 12.8 Å². The molecular formula is C13H15F3N2O3S. The van der Waals surface area contributed by atoms with Gasteiger partial charge in [0, 0.05) is 26.1 Å². The molecule has 1 aromatic rings. The van der Waals surface area contributed by atoms with Crippen molar-refractivity contribution in [2.45, 2.75) is 29.3 Å². The van der Waals surface area contributed by atoms with E-state index in [0.717, 1.165) is 6.07 Å². The Morgan fingerprint density at radius 2 is 1.91 bits per heavy atom. The number of nitrogens with zero attached hydrogens (tertiary/aromatic N) is 1. The van der Waals surface area contributed by atoms with E-state index in [4.69, 9.17) is 0 Å². The summed E-state index contributed by atoms with van der Waals surface area (Å²) in [5, 5.41) is 2.75. The Balaban J connectivity index is 2.29. The van der Waals surface area contributed by atoms with Crippen LogP contribution in [0.3, 0.4) is 0 Å². The highest BCUT2D eigenvalue weighted by atomic mass is 32.2. The largest absolute Gasteiger partial charge is 0.501 e. The average molecular weight is 336 g/mol.